The zero-order valence-corrected chi connectivity index (χ0v) is 30.9. The Morgan fingerprint density at radius 1 is 0.393 bits per heavy atom. The molecule has 0 spiro atoms. The van der Waals surface area contributed by atoms with Gasteiger partial charge in [0, 0.05) is 66.6 Å². The van der Waals surface area contributed by atoms with Crippen LogP contribution in [0.3, 0.4) is 0 Å². The fourth-order valence-corrected chi connectivity index (χ4v) is 9.12. The number of rotatable bonds is 6. The summed E-state index contributed by atoms with van der Waals surface area (Å²) in [5, 5.41) is 5.04. The zero-order chi connectivity index (χ0) is 37.0. The highest BCUT2D eigenvalue weighted by molar-refractivity contribution is 7.26. The molecule has 0 aliphatic carbocycles. The van der Waals surface area contributed by atoms with Gasteiger partial charge in [-0.2, -0.15) is 0 Å². The van der Waals surface area contributed by atoms with E-state index in [4.69, 9.17) is 15.0 Å². The summed E-state index contributed by atoms with van der Waals surface area (Å²) in [4.78, 5) is 19.5. The first-order chi connectivity index (χ1) is 27.7. The Balaban J connectivity index is 1.14. The molecule has 0 saturated carbocycles. The molecular formula is C50H31N5S. The van der Waals surface area contributed by atoms with Crippen LogP contribution in [-0.4, -0.2) is 24.5 Å². The van der Waals surface area contributed by atoms with Crippen molar-refractivity contribution in [2.24, 2.45) is 0 Å². The van der Waals surface area contributed by atoms with Crippen molar-refractivity contribution < 1.29 is 0 Å². The molecule has 0 saturated heterocycles. The summed E-state index contributed by atoms with van der Waals surface area (Å²) < 4.78 is 5.03. The van der Waals surface area contributed by atoms with Crippen LogP contribution in [0.15, 0.2) is 188 Å². The number of thiophene rings is 1. The molecule has 11 aromatic rings. The molecule has 0 bridgehead atoms. The second-order valence-electron chi connectivity index (χ2n) is 13.9. The lowest BCUT2D eigenvalue weighted by atomic mass is 9.97. The topological polar surface area (TPSA) is 56.5 Å². The van der Waals surface area contributed by atoms with Crippen molar-refractivity contribution >= 4 is 53.3 Å². The molecule has 4 aromatic heterocycles. The number of para-hydroxylation sites is 1. The SMILES string of the molecule is c1ccc(-c2nc(-c3ccccc3)nc(-c3cccc(-c4cc(-c5cccnc5)cc(-n5c6ccccc6c6ccc7c8ccccc8sc7c65)c4)c3)n2)cc1. The smallest absolute Gasteiger partial charge is 0.164 e. The van der Waals surface area contributed by atoms with Crippen molar-refractivity contribution in [3.63, 3.8) is 0 Å². The fraction of sp³-hybridized carbons (Fsp3) is 0. The second kappa shape index (κ2) is 13.2. The molecule has 4 heterocycles. The summed E-state index contributed by atoms with van der Waals surface area (Å²) in [5.74, 6) is 1.90. The van der Waals surface area contributed by atoms with Crippen LogP contribution >= 0.6 is 11.3 Å². The van der Waals surface area contributed by atoms with E-state index in [1.807, 2.05) is 90.5 Å². The number of hydrogen-bond acceptors (Lipinski definition) is 5. The van der Waals surface area contributed by atoms with Crippen LogP contribution in [0.2, 0.25) is 0 Å². The molecule has 0 aliphatic rings. The maximum Gasteiger partial charge on any atom is 0.164 e. The van der Waals surface area contributed by atoms with Crippen molar-refractivity contribution in [3.8, 4) is 62.1 Å². The average Bonchev–Trinajstić information content (AvgIpc) is 3.83. The van der Waals surface area contributed by atoms with E-state index in [2.05, 4.69) is 119 Å². The minimum Gasteiger partial charge on any atom is -0.308 e. The van der Waals surface area contributed by atoms with E-state index in [1.165, 1.54) is 42.0 Å². The molecule has 0 fully saturated rings. The zero-order valence-electron chi connectivity index (χ0n) is 30.0. The molecule has 6 heteroatoms. The van der Waals surface area contributed by atoms with Crippen LogP contribution in [0.25, 0.3) is 104 Å². The molecule has 0 radical (unpaired) electrons. The Labute approximate surface area is 326 Å². The van der Waals surface area contributed by atoms with Gasteiger partial charge in [0.1, 0.15) is 0 Å². The van der Waals surface area contributed by atoms with Gasteiger partial charge in [0.25, 0.3) is 0 Å². The number of hydrogen-bond donors (Lipinski definition) is 0. The van der Waals surface area contributed by atoms with Gasteiger partial charge in [-0.05, 0) is 59.2 Å². The molecule has 0 amide bonds. The van der Waals surface area contributed by atoms with Crippen molar-refractivity contribution in [2.45, 2.75) is 0 Å². The van der Waals surface area contributed by atoms with E-state index in [-0.39, 0.29) is 0 Å². The van der Waals surface area contributed by atoms with Gasteiger partial charge < -0.3 is 4.57 Å². The molecule has 0 aliphatic heterocycles. The molecule has 262 valence electrons. The fourth-order valence-electron chi connectivity index (χ4n) is 7.88. The number of fused-ring (bicyclic) bond motifs is 7. The summed E-state index contributed by atoms with van der Waals surface area (Å²) in [6.45, 7) is 0. The van der Waals surface area contributed by atoms with Crippen molar-refractivity contribution in [1.82, 2.24) is 24.5 Å². The third-order valence-electron chi connectivity index (χ3n) is 10.5. The van der Waals surface area contributed by atoms with Gasteiger partial charge >= 0.3 is 0 Å². The number of nitrogens with zero attached hydrogens (tertiary/aromatic N) is 5. The normalized spacial score (nSPS) is 11.6. The van der Waals surface area contributed by atoms with E-state index in [9.17, 15) is 0 Å². The molecule has 0 unspecified atom stereocenters. The third-order valence-corrected chi connectivity index (χ3v) is 11.7. The van der Waals surface area contributed by atoms with Gasteiger partial charge in [-0.1, -0.05) is 133 Å². The lowest BCUT2D eigenvalue weighted by Crippen LogP contribution is -2.00. The van der Waals surface area contributed by atoms with Crippen molar-refractivity contribution in [3.05, 3.63) is 188 Å². The van der Waals surface area contributed by atoms with Gasteiger partial charge in [0.15, 0.2) is 17.5 Å². The van der Waals surface area contributed by atoms with Crippen LogP contribution in [0.4, 0.5) is 0 Å². The average molecular weight is 734 g/mol. The van der Waals surface area contributed by atoms with E-state index in [1.54, 1.807) is 0 Å². The largest absolute Gasteiger partial charge is 0.308 e. The van der Waals surface area contributed by atoms with Crippen LogP contribution < -0.4 is 0 Å². The first-order valence-electron chi connectivity index (χ1n) is 18.6. The summed E-state index contributed by atoms with van der Waals surface area (Å²) in [7, 11) is 0. The van der Waals surface area contributed by atoms with Gasteiger partial charge in [-0.25, -0.2) is 15.0 Å². The minimum absolute atomic E-state index is 0.623. The van der Waals surface area contributed by atoms with Crippen LogP contribution in [-0.2, 0) is 0 Å². The van der Waals surface area contributed by atoms with Crippen LogP contribution in [0.5, 0.6) is 0 Å². The lowest BCUT2D eigenvalue weighted by molar-refractivity contribution is 1.07. The van der Waals surface area contributed by atoms with Crippen molar-refractivity contribution in [1.29, 1.82) is 0 Å². The summed E-state index contributed by atoms with van der Waals surface area (Å²) in [5.41, 5.74) is 10.6. The molecular weight excluding hydrogens is 703 g/mol. The minimum atomic E-state index is 0.623. The van der Waals surface area contributed by atoms with Gasteiger partial charge in [-0.15, -0.1) is 11.3 Å². The van der Waals surface area contributed by atoms with Gasteiger partial charge in [-0.3, -0.25) is 4.98 Å². The Hall–Kier alpha value is -7.28. The molecule has 56 heavy (non-hydrogen) atoms. The highest BCUT2D eigenvalue weighted by Gasteiger charge is 2.19. The standard InChI is InChI=1S/C50H31N5S/c1-3-13-32(14-4-1)48-52-49(33-15-5-2-6-16-33)54-50(53-48)35-18-11-17-34(27-35)37-28-38(36-19-12-26-51-31-36)30-39(29-37)55-44-22-9-7-20-40(44)42-24-25-43-41-21-8-10-23-45(41)56-47(43)46(42)55/h1-31H. The predicted molar refractivity (Wildman–Crippen MR) is 232 cm³/mol. The van der Waals surface area contributed by atoms with E-state index in [0.717, 1.165) is 44.6 Å². The molecule has 7 aromatic carbocycles. The summed E-state index contributed by atoms with van der Waals surface area (Å²) in [6.07, 6.45) is 3.77. The second-order valence-corrected chi connectivity index (χ2v) is 15.0. The van der Waals surface area contributed by atoms with E-state index in [0.29, 0.717) is 17.5 Å². The molecule has 5 nitrogen and oxygen atoms in total. The number of aromatic nitrogens is 5. The Morgan fingerprint density at radius 3 is 1.70 bits per heavy atom. The summed E-state index contributed by atoms with van der Waals surface area (Å²) >= 11 is 1.87. The van der Waals surface area contributed by atoms with E-state index < -0.39 is 0 Å². The monoisotopic (exact) mass is 733 g/mol. The number of pyridine rings is 1. The van der Waals surface area contributed by atoms with Crippen molar-refractivity contribution in [2.75, 3.05) is 0 Å². The highest BCUT2D eigenvalue weighted by atomic mass is 32.1. The predicted octanol–water partition coefficient (Wildman–Crippen LogP) is 13.1. The first kappa shape index (κ1) is 32.2. The number of benzene rings is 7. The lowest BCUT2D eigenvalue weighted by Gasteiger charge is -2.15. The first-order valence-corrected chi connectivity index (χ1v) is 19.4. The quantitative estimate of drug-likeness (QED) is 0.171. The van der Waals surface area contributed by atoms with Crippen LogP contribution in [0, 0.1) is 0 Å². The van der Waals surface area contributed by atoms with Gasteiger partial charge in [0.2, 0.25) is 0 Å². The maximum atomic E-state index is 5.04. The Morgan fingerprint density at radius 2 is 0.964 bits per heavy atom. The maximum absolute atomic E-state index is 5.04. The highest BCUT2D eigenvalue weighted by Crippen LogP contribution is 2.44. The Bertz CT molecular complexity index is 3190. The summed E-state index contributed by atoms with van der Waals surface area (Å²) in [6, 6.07) is 61.8. The molecule has 0 atom stereocenters. The molecule has 11 rings (SSSR count). The van der Waals surface area contributed by atoms with Crippen LogP contribution in [0.1, 0.15) is 0 Å². The molecule has 0 N–H and O–H groups in total. The third kappa shape index (κ3) is 5.46. The van der Waals surface area contributed by atoms with Gasteiger partial charge in [0.05, 0.1) is 15.7 Å². The Kier molecular flexibility index (Phi) is 7.60. The van der Waals surface area contributed by atoms with E-state index >= 15 is 0 Å².